The highest BCUT2D eigenvalue weighted by Gasteiger charge is 2.23. The van der Waals surface area contributed by atoms with Crippen LogP contribution in [0.5, 0.6) is 0 Å². The van der Waals surface area contributed by atoms with Crippen molar-refractivity contribution in [1.29, 1.82) is 0 Å². The number of likely N-dealkylation sites (tertiary alicyclic amines) is 1. The molecule has 140 valence electrons. The van der Waals surface area contributed by atoms with Gasteiger partial charge >= 0.3 is 0 Å². The molecule has 0 saturated carbocycles. The van der Waals surface area contributed by atoms with E-state index >= 15 is 0 Å². The molecular formula is C20H20FN3O2S. The minimum atomic E-state index is -0.452. The molecule has 1 saturated heterocycles. The molecule has 1 aromatic carbocycles. The smallest absolute Gasteiger partial charge is 0.252 e. The van der Waals surface area contributed by atoms with Crippen molar-refractivity contribution < 1.29 is 9.18 Å². The second kappa shape index (κ2) is 7.62. The van der Waals surface area contributed by atoms with Gasteiger partial charge in [0.15, 0.2) is 0 Å². The summed E-state index contributed by atoms with van der Waals surface area (Å²) < 4.78 is 13.4. The van der Waals surface area contributed by atoms with Crippen molar-refractivity contribution in [2.45, 2.75) is 25.4 Å². The second-order valence-electron chi connectivity index (χ2n) is 6.86. The molecule has 0 radical (unpaired) electrons. The molecule has 3 heterocycles. The quantitative estimate of drug-likeness (QED) is 0.725. The SMILES string of the molecule is O=C(N[C@@H]1CCCN(Cc2cccs2)C1)c1cc(=O)[nH]c2cc(F)ccc12. The Morgan fingerprint density at radius 2 is 2.22 bits per heavy atom. The van der Waals surface area contributed by atoms with E-state index in [1.165, 1.54) is 29.1 Å². The number of thiophene rings is 1. The number of rotatable bonds is 4. The van der Waals surface area contributed by atoms with Crippen LogP contribution in [-0.2, 0) is 6.54 Å². The molecule has 1 fully saturated rings. The van der Waals surface area contributed by atoms with Crippen LogP contribution in [0.4, 0.5) is 4.39 Å². The lowest BCUT2D eigenvalue weighted by Gasteiger charge is -2.32. The molecule has 0 spiro atoms. The second-order valence-corrected chi connectivity index (χ2v) is 7.90. The van der Waals surface area contributed by atoms with Gasteiger partial charge in [0, 0.05) is 35.5 Å². The Morgan fingerprint density at radius 3 is 3.04 bits per heavy atom. The monoisotopic (exact) mass is 385 g/mol. The number of carbonyl (C=O) groups excluding carboxylic acids is 1. The third kappa shape index (κ3) is 4.09. The first-order valence-electron chi connectivity index (χ1n) is 8.97. The normalized spacial score (nSPS) is 17.9. The van der Waals surface area contributed by atoms with Crippen molar-refractivity contribution in [3.63, 3.8) is 0 Å². The van der Waals surface area contributed by atoms with Crippen molar-refractivity contribution in [3.05, 3.63) is 68.4 Å². The average Bonchev–Trinajstić information content (AvgIpc) is 3.14. The van der Waals surface area contributed by atoms with Crippen LogP contribution in [-0.4, -0.2) is 34.9 Å². The van der Waals surface area contributed by atoms with E-state index in [1.54, 1.807) is 11.3 Å². The summed E-state index contributed by atoms with van der Waals surface area (Å²) in [5.41, 5.74) is 0.195. The van der Waals surface area contributed by atoms with Crippen LogP contribution in [0.15, 0.2) is 46.6 Å². The largest absolute Gasteiger partial charge is 0.348 e. The van der Waals surface area contributed by atoms with Crippen LogP contribution in [0.2, 0.25) is 0 Å². The fourth-order valence-corrected chi connectivity index (χ4v) is 4.37. The van der Waals surface area contributed by atoms with Crippen molar-refractivity contribution in [1.82, 2.24) is 15.2 Å². The summed E-state index contributed by atoms with van der Waals surface area (Å²) in [4.78, 5) is 30.9. The van der Waals surface area contributed by atoms with E-state index in [4.69, 9.17) is 0 Å². The molecule has 2 N–H and O–H groups in total. The number of carbonyl (C=O) groups is 1. The Kier molecular flexibility index (Phi) is 5.05. The maximum atomic E-state index is 13.4. The fourth-order valence-electron chi connectivity index (χ4n) is 3.62. The Balaban J connectivity index is 1.50. The summed E-state index contributed by atoms with van der Waals surface area (Å²) >= 11 is 1.73. The zero-order valence-corrected chi connectivity index (χ0v) is 15.5. The topological polar surface area (TPSA) is 65.2 Å². The van der Waals surface area contributed by atoms with Gasteiger partial charge in [-0.2, -0.15) is 0 Å². The number of H-pyrrole nitrogens is 1. The van der Waals surface area contributed by atoms with E-state index in [9.17, 15) is 14.0 Å². The minimum absolute atomic E-state index is 0.0287. The summed E-state index contributed by atoms with van der Waals surface area (Å²) in [5, 5.41) is 5.67. The molecular weight excluding hydrogens is 365 g/mol. The number of benzene rings is 1. The number of pyridine rings is 1. The highest BCUT2D eigenvalue weighted by atomic mass is 32.1. The molecule has 5 nitrogen and oxygen atoms in total. The summed E-state index contributed by atoms with van der Waals surface area (Å²) in [6, 6.07) is 9.53. The van der Waals surface area contributed by atoms with E-state index in [2.05, 4.69) is 26.6 Å². The van der Waals surface area contributed by atoms with E-state index < -0.39 is 11.4 Å². The van der Waals surface area contributed by atoms with Crippen LogP contribution >= 0.6 is 11.3 Å². The number of amides is 1. The summed E-state index contributed by atoms with van der Waals surface area (Å²) in [6.07, 6.45) is 1.92. The maximum absolute atomic E-state index is 13.4. The van der Waals surface area contributed by atoms with Gasteiger partial charge in [-0.15, -0.1) is 11.3 Å². The first-order chi connectivity index (χ1) is 13.1. The number of nitrogens with one attached hydrogen (secondary N) is 2. The molecule has 1 atom stereocenters. The highest BCUT2D eigenvalue weighted by Crippen LogP contribution is 2.19. The highest BCUT2D eigenvalue weighted by molar-refractivity contribution is 7.09. The van der Waals surface area contributed by atoms with Gasteiger partial charge in [-0.05, 0) is 49.0 Å². The number of piperidine rings is 1. The molecule has 1 amide bonds. The van der Waals surface area contributed by atoms with Gasteiger partial charge in [0.05, 0.1) is 11.1 Å². The number of hydrogen-bond acceptors (Lipinski definition) is 4. The van der Waals surface area contributed by atoms with Crippen LogP contribution in [0.25, 0.3) is 10.9 Å². The molecule has 0 aliphatic carbocycles. The van der Waals surface area contributed by atoms with Crippen molar-refractivity contribution in [2.75, 3.05) is 13.1 Å². The van der Waals surface area contributed by atoms with Gasteiger partial charge in [0.25, 0.3) is 5.91 Å². The van der Waals surface area contributed by atoms with Gasteiger partial charge in [-0.3, -0.25) is 14.5 Å². The Morgan fingerprint density at radius 1 is 1.33 bits per heavy atom. The maximum Gasteiger partial charge on any atom is 0.252 e. The zero-order chi connectivity index (χ0) is 18.8. The predicted octanol–water partition coefficient (Wildman–Crippen LogP) is 3.12. The first-order valence-corrected chi connectivity index (χ1v) is 9.84. The van der Waals surface area contributed by atoms with E-state index in [-0.39, 0.29) is 17.5 Å². The lowest BCUT2D eigenvalue weighted by Crippen LogP contribution is -2.47. The predicted molar refractivity (Wildman–Crippen MR) is 105 cm³/mol. The number of hydrogen-bond donors (Lipinski definition) is 2. The number of fused-ring (bicyclic) bond motifs is 1. The van der Waals surface area contributed by atoms with Gasteiger partial charge in [-0.25, -0.2) is 4.39 Å². The fraction of sp³-hybridized carbons (Fsp3) is 0.300. The Bertz CT molecular complexity index is 1020. The van der Waals surface area contributed by atoms with Gasteiger partial charge in [-0.1, -0.05) is 6.07 Å². The number of halogens is 1. The van der Waals surface area contributed by atoms with Crippen molar-refractivity contribution in [2.24, 2.45) is 0 Å². The van der Waals surface area contributed by atoms with E-state index in [1.807, 2.05) is 6.07 Å². The molecule has 1 aliphatic heterocycles. The van der Waals surface area contributed by atoms with Crippen LogP contribution < -0.4 is 10.9 Å². The molecule has 1 aliphatic rings. The van der Waals surface area contributed by atoms with Crippen LogP contribution in [0, 0.1) is 5.82 Å². The van der Waals surface area contributed by atoms with Gasteiger partial charge < -0.3 is 10.3 Å². The van der Waals surface area contributed by atoms with Gasteiger partial charge in [0.2, 0.25) is 5.56 Å². The standard InChI is InChI=1S/C20H20FN3O2S/c21-13-5-6-16-17(10-19(25)23-18(16)9-13)20(26)22-14-3-1-7-24(11-14)12-15-4-2-8-27-15/h2,4-6,8-10,14H,1,3,7,11-12H2,(H,22,26)(H,23,25)/t14-/m1/s1. The summed E-state index contributed by atoms with van der Waals surface area (Å²) in [5.74, 6) is -0.743. The number of aromatic amines is 1. The Hall–Kier alpha value is -2.51. The summed E-state index contributed by atoms with van der Waals surface area (Å²) in [6.45, 7) is 2.67. The van der Waals surface area contributed by atoms with Gasteiger partial charge in [0.1, 0.15) is 5.82 Å². The molecule has 0 unspecified atom stereocenters. The first kappa shape index (κ1) is 17.9. The molecule has 7 heteroatoms. The lowest BCUT2D eigenvalue weighted by atomic mass is 10.0. The third-order valence-corrected chi connectivity index (χ3v) is 5.71. The van der Waals surface area contributed by atoms with Crippen LogP contribution in [0.3, 0.4) is 0 Å². The molecule has 27 heavy (non-hydrogen) atoms. The van der Waals surface area contributed by atoms with E-state index in [0.717, 1.165) is 32.5 Å². The lowest BCUT2D eigenvalue weighted by molar-refractivity contribution is 0.0902. The third-order valence-electron chi connectivity index (χ3n) is 4.85. The number of aromatic nitrogens is 1. The zero-order valence-electron chi connectivity index (χ0n) is 14.7. The number of nitrogens with zero attached hydrogens (tertiary/aromatic N) is 1. The van der Waals surface area contributed by atoms with Crippen LogP contribution in [0.1, 0.15) is 28.1 Å². The average molecular weight is 385 g/mol. The molecule has 2 aromatic heterocycles. The summed E-state index contributed by atoms with van der Waals surface area (Å²) in [7, 11) is 0. The van der Waals surface area contributed by atoms with Crippen molar-refractivity contribution in [3.8, 4) is 0 Å². The minimum Gasteiger partial charge on any atom is -0.348 e. The molecule has 3 aromatic rings. The van der Waals surface area contributed by atoms with Crippen molar-refractivity contribution >= 4 is 28.1 Å². The van der Waals surface area contributed by atoms with E-state index in [0.29, 0.717) is 10.9 Å². The molecule has 0 bridgehead atoms. The Labute approximate surface area is 159 Å². The molecule has 4 rings (SSSR count).